The first-order chi connectivity index (χ1) is 14.3. The van der Waals surface area contributed by atoms with Gasteiger partial charge in [-0.15, -0.1) is 0 Å². The van der Waals surface area contributed by atoms with Gasteiger partial charge >= 0.3 is 5.97 Å². The van der Waals surface area contributed by atoms with E-state index in [1.54, 1.807) is 4.90 Å². The van der Waals surface area contributed by atoms with Crippen molar-refractivity contribution < 1.29 is 24.0 Å². The second-order valence-electron chi connectivity index (χ2n) is 6.99. The van der Waals surface area contributed by atoms with E-state index in [4.69, 9.17) is 4.74 Å². The fourth-order valence-electron chi connectivity index (χ4n) is 3.29. The normalized spacial score (nSPS) is 16.8. The lowest BCUT2D eigenvalue weighted by Crippen LogP contribution is -2.30. The van der Waals surface area contributed by atoms with E-state index in [2.05, 4.69) is 5.32 Å². The molecule has 1 N–H and O–H groups in total. The molecule has 0 aliphatic carbocycles. The van der Waals surface area contributed by atoms with E-state index < -0.39 is 29.3 Å². The van der Waals surface area contributed by atoms with Gasteiger partial charge < -0.3 is 15.0 Å². The second kappa shape index (κ2) is 9.17. The zero-order chi connectivity index (χ0) is 21.7. The van der Waals surface area contributed by atoms with Crippen LogP contribution in [0.1, 0.15) is 24.9 Å². The number of esters is 1. The smallest absolute Gasteiger partial charge is 0.311 e. The maximum Gasteiger partial charge on any atom is 0.311 e. The number of ether oxygens (including phenoxy) is 1. The Morgan fingerprint density at radius 1 is 1.20 bits per heavy atom. The van der Waals surface area contributed by atoms with Crippen LogP contribution in [-0.2, 0) is 19.1 Å². The highest BCUT2D eigenvalue weighted by atomic mass is 16.6. The zero-order valence-electron chi connectivity index (χ0n) is 16.3. The summed E-state index contributed by atoms with van der Waals surface area (Å²) >= 11 is 0. The molecule has 1 heterocycles. The highest BCUT2D eigenvalue weighted by Gasteiger charge is 2.38. The van der Waals surface area contributed by atoms with Crippen LogP contribution >= 0.6 is 0 Å². The minimum Gasteiger partial charge on any atom is -0.455 e. The van der Waals surface area contributed by atoms with Crippen LogP contribution in [0.2, 0.25) is 0 Å². The summed E-state index contributed by atoms with van der Waals surface area (Å²) in [6, 6.07) is 14.6. The SMILES string of the molecule is C[C@H](c1ccccc1)N1C[C@H](C(=O)OCC(=O)Nc2ccc([N+](=O)[O-])cc2)CC1=O. The molecule has 2 aromatic rings. The van der Waals surface area contributed by atoms with Gasteiger partial charge in [0.05, 0.1) is 16.9 Å². The summed E-state index contributed by atoms with van der Waals surface area (Å²) in [5, 5.41) is 13.1. The summed E-state index contributed by atoms with van der Waals surface area (Å²) in [6.45, 7) is 1.63. The van der Waals surface area contributed by atoms with Gasteiger partial charge in [-0.1, -0.05) is 30.3 Å². The number of hydrogen-bond donors (Lipinski definition) is 1. The Morgan fingerprint density at radius 3 is 2.50 bits per heavy atom. The largest absolute Gasteiger partial charge is 0.455 e. The fraction of sp³-hybridized carbons (Fsp3) is 0.286. The molecule has 0 unspecified atom stereocenters. The molecule has 0 spiro atoms. The van der Waals surface area contributed by atoms with E-state index in [1.807, 2.05) is 37.3 Å². The molecule has 3 rings (SSSR count). The number of nitrogens with zero attached hydrogens (tertiary/aromatic N) is 2. The number of nitro benzene ring substituents is 1. The van der Waals surface area contributed by atoms with E-state index in [-0.39, 0.29) is 30.6 Å². The van der Waals surface area contributed by atoms with Crippen LogP contribution in [0.4, 0.5) is 11.4 Å². The molecule has 2 amide bonds. The molecule has 156 valence electrons. The Balaban J connectivity index is 1.49. The number of benzene rings is 2. The topological polar surface area (TPSA) is 119 Å². The molecule has 1 fully saturated rings. The number of nitrogens with one attached hydrogen (secondary N) is 1. The molecular formula is C21H21N3O6. The maximum atomic E-state index is 12.3. The Bertz CT molecular complexity index is 945. The standard InChI is InChI=1S/C21H21N3O6/c1-14(15-5-3-2-4-6-15)23-12-16(11-20(23)26)21(27)30-13-19(25)22-17-7-9-18(10-8-17)24(28)29/h2-10,14,16H,11-13H2,1H3,(H,22,25)/t14-,16-/m1/s1. The summed E-state index contributed by atoms with van der Waals surface area (Å²) in [7, 11) is 0. The van der Waals surface area contributed by atoms with Crippen LogP contribution < -0.4 is 5.32 Å². The Labute approximate surface area is 172 Å². The zero-order valence-corrected chi connectivity index (χ0v) is 16.3. The van der Waals surface area contributed by atoms with Crippen molar-refractivity contribution in [1.82, 2.24) is 4.90 Å². The number of anilines is 1. The van der Waals surface area contributed by atoms with Crippen molar-refractivity contribution in [2.45, 2.75) is 19.4 Å². The molecule has 2 aromatic carbocycles. The minimum atomic E-state index is -0.629. The van der Waals surface area contributed by atoms with E-state index >= 15 is 0 Å². The molecule has 9 heteroatoms. The molecule has 0 radical (unpaired) electrons. The predicted molar refractivity (Wildman–Crippen MR) is 107 cm³/mol. The summed E-state index contributed by atoms with van der Waals surface area (Å²) in [5.74, 6) is -1.94. The molecule has 9 nitrogen and oxygen atoms in total. The van der Waals surface area contributed by atoms with Crippen molar-refractivity contribution in [2.24, 2.45) is 5.92 Å². The number of carbonyl (C=O) groups excluding carboxylic acids is 3. The molecule has 1 aliphatic rings. The average Bonchev–Trinajstić information content (AvgIpc) is 3.14. The highest BCUT2D eigenvalue weighted by Crippen LogP contribution is 2.29. The lowest BCUT2D eigenvalue weighted by Gasteiger charge is -2.25. The third kappa shape index (κ3) is 4.99. The molecule has 0 saturated carbocycles. The lowest BCUT2D eigenvalue weighted by atomic mass is 10.1. The van der Waals surface area contributed by atoms with Crippen molar-refractivity contribution >= 4 is 29.2 Å². The van der Waals surface area contributed by atoms with Gasteiger partial charge in [0, 0.05) is 30.8 Å². The van der Waals surface area contributed by atoms with Gasteiger partial charge in [-0.05, 0) is 24.6 Å². The average molecular weight is 411 g/mol. The molecule has 0 aromatic heterocycles. The van der Waals surface area contributed by atoms with E-state index in [0.29, 0.717) is 5.69 Å². The molecule has 0 bridgehead atoms. The van der Waals surface area contributed by atoms with Gasteiger partial charge in [0.1, 0.15) is 0 Å². The van der Waals surface area contributed by atoms with Crippen LogP contribution in [-0.4, -0.2) is 40.8 Å². The van der Waals surface area contributed by atoms with E-state index in [9.17, 15) is 24.5 Å². The number of likely N-dealkylation sites (tertiary alicyclic amines) is 1. The van der Waals surface area contributed by atoms with E-state index in [0.717, 1.165) is 5.56 Å². The van der Waals surface area contributed by atoms with Crippen LogP contribution in [0, 0.1) is 16.0 Å². The van der Waals surface area contributed by atoms with Crippen LogP contribution in [0.15, 0.2) is 54.6 Å². The van der Waals surface area contributed by atoms with Crippen molar-refractivity contribution in [2.75, 3.05) is 18.5 Å². The van der Waals surface area contributed by atoms with Crippen LogP contribution in [0.25, 0.3) is 0 Å². The Hall–Kier alpha value is -3.75. The van der Waals surface area contributed by atoms with Gasteiger partial charge in [0.15, 0.2) is 6.61 Å². The van der Waals surface area contributed by atoms with Crippen molar-refractivity contribution in [3.63, 3.8) is 0 Å². The fourth-order valence-corrected chi connectivity index (χ4v) is 3.29. The lowest BCUT2D eigenvalue weighted by molar-refractivity contribution is -0.384. The third-order valence-electron chi connectivity index (χ3n) is 4.95. The van der Waals surface area contributed by atoms with Crippen LogP contribution in [0.5, 0.6) is 0 Å². The maximum absolute atomic E-state index is 12.3. The number of carbonyl (C=O) groups is 3. The van der Waals surface area contributed by atoms with Crippen molar-refractivity contribution in [1.29, 1.82) is 0 Å². The number of hydrogen-bond acceptors (Lipinski definition) is 6. The van der Waals surface area contributed by atoms with E-state index in [1.165, 1.54) is 24.3 Å². The molecule has 1 saturated heterocycles. The summed E-state index contributed by atoms with van der Waals surface area (Å²) in [6.07, 6.45) is 0.0416. The van der Waals surface area contributed by atoms with Crippen molar-refractivity contribution in [3.05, 3.63) is 70.3 Å². The van der Waals surface area contributed by atoms with Crippen molar-refractivity contribution in [3.8, 4) is 0 Å². The van der Waals surface area contributed by atoms with Gasteiger partial charge in [-0.25, -0.2) is 0 Å². The molecular weight excluding hydrogens is 390 g/mol. The third-order valence-corrected chi connectivity index (χ3v) is 4.95. The molecule has 1 aliphatic heterocycles. The first kappa shape index (κ1) is 21.0. The minimum absolute atomic E-state index is 0.0416. The number of non-ortho nitro benzene ring substituents is 1. The van der Waals surface area contributed by atoms with Gasteiger partial charge in [-0.3, -0.25) is 24.5 Å². The van der Waals surface area contributed by atoms with Gasteiger partial charge in [0.2, 0.25) is 5.91 Å². The first-order valence-corrected chi connectivity index (χ1v) is 9.40. The summed E-state index contributed by atoms with van der Waals surface area (Å²) in [5.41, 5.74) is 1.22. The Kier molecular flexibility index (Phi) is 6.41. The summed E-state index contributed by atoms with van der Waals surface area (Å²) < 4.78 is 5.07. The highest BCUT2D eigenvalue weighted by molar-refractivity contribution is 5.93. The molecule has 30 heavy (non-hydrogen) atoms. The summed E-state index contributed by atoms with van der Waals surface area (Å²) in [4.78, 5) is 48.4. The number of rotatable bonds is 7. The monoisotopic (exact) mass is 411 g/mol. The predicted octanol–water partition coefficient (Wildman–Crippen LogP) is 2.69. The Morgan fingerprint density at radius 2 is 1.87 bits per heavy atom. The van der Waals surface area contributed by atoms with Gasteiger partial charge in [0.25, 0.3) is 11.6 Å². The second-order valence-corrected chi connectivity index (χ2v) is 6.99. The number of amides is 2. The number of nitro groups is 1. The first-order valence-electron chi connectivity index (χ1n) is 9.40. The molecule has 2 atom stereocenters. The van der Waals surface area contributed by atoms with Gasteiger partial charge in [-0.2, -0.15) is 0 Å². The quantitative estimate of drug-likeness (QED) is 0.425. The van der Waals surface area contributed by atoms with Crippen LogP contribution in [0.3, 0.4) is 0 Å².